The van der Waals surface area contributed by atoms with E-state index in [0.29, 0.717) is 22.5 Å². The molecular formula is C16H21BrFNO. The Kier molecular flexibility index (Phi) is 5.22. The topological polar surface area (TPSA) is 25.2 Å². The number of rotatable bonds is 6. The molecule has 20 heavy (non-hydrogen) atoms. The molecule has 0 saturated carbocycles. The second-order valence-corrected chi connectivity index (χ2v) is 6.40. The molecule has 0 saturated heterocycles. The van der Waals surface area contributed by atoms with Crippen LogP contribution in [0.2, 0.25) is 0 Å². The van der Waals surface area contributed by atoms with Crippen LogP contribution >= 0.6 is 15.9 Å². The lowest BCUT2D eigenvalue weighted by molar-refractivity contribution is 0.499. The Morgan fingerprint density at radius 1 is 1.35 bits per heavy atom. The Bertz CT molecular complexity index is 592. The van der Waals surface area contributed by atoms with Crippen molar-refractivity contribution in [2.24, 2.45) is 5.92 Å². The number of hydrogen-bond acceptors (Lipinski definition) is 2. The van der Waals surface area contributed by atoms with Gasteiger partial charge in [-0.15, -0.1) is 0 Å². The zero-order chi connectivity index (χ0) is 14.7. The molecule has 2 rings (SSSR count). The fraction of sp³-hybridized carbons (Fsp3) is 0.500. The van der Waals surface area contributed by atoms with E-state index in [-0.39, 0.29) is 5.82 Å². The summed E-state index contributed by atoms with van der Waals surface area (Å²) < 4.78 is 20.0. The SMILES string of the molecule is CCCNCc1oc2cc(F)c(Br)cc2c1CC(C)C. The van der Waals surface area contributed by atoms with Crippen molar-refractivity contribution < 1.29 is 8.81 Å². The predicted molar refractivity (Wildman–Crippen MR) is 84.4 cm³/mol. The van der Waals surface area contributed by atoms with E-state index in [9.17, 15) is 4.39 Å². The highest BCUT2D eigenvalue weighted by molar-refractivity contribution is 9.10. The molecule has 2 nitrogen and oxygen atoms in total. The number of halogens is 2. The quantitative estimate of drug-likeness (QED) is 0.745. The lowest BCUT2D eigenvalue weighted by atomic mass is 10.00. The second kappa shape index (κ2) is 6.72. The van der Waals surface area contributed by atoms with Gasteiger partial charge in [0.2, 0.25) is 0 Å². The highest BCUT2D eigenvalue weighted by Crippen LogP contribution is 2.32. The van der Waals surface area contributed by atoms with Gasteiger partial charge in [0.25, 0.3) is 0 Å². The molecular weight excluding hydrogens is 321 g/mol. The van der Waals surface area contributed by atoms with E-state index < -0.39 is 0 Å². The van der Waals surface area contributed by atoms with Gasteiger partial charge in [-0.05, 0) is 47.3 Å². The minimum atomic E-state index is -0.282. The molecule has 0 aliphatic rings. The second-order valence-electron chi connectivity index (χ2n) is 5.54. The van der Waals surface area contributed by atoms with E-state index in [2.05, 4.69) is 42.0 Å². The first-order valence-electron chi connectivity index (χ1n) is 7.13. The fourth-order valence-corrected chi connectivity index (χ4v) is 2.69. The monoisotopic (exact) mass is 341 g/mol. The highest BCUT2D eigenvalue weighted by Gasteiger charge is 2.17. The lowest BCUT2D eigenvalue weighted by Gasteiger charge is -2.07. The minimum absolute atomic E-state index is 0.282. The third kappa shape index (κ3) is 3.41. The first kappa shape index (κ1) is 15.5. The van der Waals surface area contributed by atoms with Crippen LogP contribution in [0.15, 0.2) is 21.0 Å². The average molecular weight is 342 g/mol. The van der Waals surface area contributed by atoms with Crippen LogP contribution in [0.25, 0.3) is 11.0 Å². The summed E-state index contributed by atoms with van der Waals surface area (Å²) in [7, 11) is 0. The molecule has 0 radical (unpaired) electrons. The van der Waals surface area contributed by atoms with Crippen LogP contribution in [0, 0.1) is 11.7 Å². The fourth-order valence-electron chi connectivity index (χ4n) is 2.35. The maximum atomic E-state index is 13.6. The highest BCUT2D eigenvalue weighted by atomic mass is 79.9. The molecule has 1 aromatic carbocycles. The van der Waals surface area contributed by atoms with Gasteiger partial charge >= 0.3 is 0 Å². The zero-order valence-corrected chi connectivity index (χ0v) is 13.8. The Labute approximate surface area is 127 Å². The van der Waals surface area contributed by atoms with Crippen LogP contribution in [-0.2, 0) is 13.0 Å². The summed E-state index contributed by atoms with van der Waals surface area (Å²) in [5.74, 6) is 1.18. The molecule has 0 atom stereocenters. The van der Waals surface area contributed by atoms with Crippen molar-refractivity contribution in [3.63, 3.8) is 0 Å². The van der Waals surface area contributed by atoms with E-state index in [0.717, 1.165) is 30.5 Å². The molecule has 0 amide bonds. The first-order chi connectivity index (χ1) is 9.52. The minimum Gasteiger partial charge on any atom is -0.459 e. The van der Waals surface area contributed by atoms with Gasteiger partial charge in [0, 0.05) is 17.0 Å². The molecule has 0 aliphatic carbocycles. The molecule has 0 spiro atoms. The molecule has 0 unspecified atom stereocenters. The van der Waals surface area contributed by atoms with Gasteiger partial charge < -0.3 is 9.73 Å². The smallest absolute Gasteiger partial charge is 0.141 e. The normalized spacial score (nSPS) is 11.7. The Balaban J connectivity index is 2.43. The van der Waals surface area contributed by atoms with Crippen LogP contribution in [0.4, 0.5) is 4.39 Å². The molecule has 1 aromatic heterocycles. The van der Waals surface area contributed by atoms with Crippen molar-refractivity contribution >= 4 is 26.9 Å². The van der Waals surface area contributed by atoms with Gasteiger partial charge in [-0.3, -0.25) is 0 Å². The van der Waals surface area contributed by atoms with Crippen molar-refractivity contribution in [1.82, 2.24) is 5.32 Å². The van der Waals surface area contributed by atoms with Crippen molar-refractivity contribution in [3.05, 3.63) is 33.7 Å². The van der Waals surface area contributed by atoms with Crippen LogP contribution in [0.1, 0.15) is 38.5 Å². The molecule has 110 valence electrons. The van der Waals surface area contributed by atoms with Gasteiger partial charge in [-0.2, -0.15) is 0 Å². The summed E-state index contributed by atoms with van der Waals surface area (Å²) in [6.07, 6.45) is 2.02. The molecule has 1 N–H and O–H groups in total. The molecule has 2 aromatic rings. The Morgan fingerprint density at radius 3 is 2.75 bits per heavy atom. The van der Waals surface area contributed by atoms with Gasteiger partial charge in [-0.25, -0.2) is 4.39 Å². The molecule has 1 heterocycles. The zero-order valence-electron chi connectivity index (χ0n) is 12.2. The standard InChI is InChI=1S/C16H21BrFNO/c1-4-5-19-9-16-11(6-10(2)3)12-7-13(17)14(18)8-15(12)20-16/h7-8,10,19H,4-6,9H2,1-3H3. The Morgan fingerprint density at radius 2 is 2.10 bits per heavy atom. The van der Waals surface area contributed by atoms with Crippen molar-refractivity contribution in [2.75, 3.05) is 6.54 Å². The van der Waals surface area contributed by atoms with Gasteiger partial charge in [0.05, 0.1) is 11.0 Å². The van der Waals surface area contributed by atoms with Gasteiger partial charge in [0.15, 0.2) is 0 Å². The van der Waals surface area contributed by atoms with Crippen LogP contribution in [0.5, 0.6) is 0 Å². The summed E-state index contributed by atoms with van der Waals surface area (Å²) in [6, 6.07) is 3.29. The molecule has 0 fully saturated rings. The summed E-state index contributed by atoms with van der Waals surface area (Å²) in [6.45, 7) is 8.15. The number of fused-ring (bicyclic) bond motifs is 1. The largest absolute Gasteiger partial charge is 0.459 e. The van der Waals surface area contributed by atoms with Crippen molar-refractivity contribution in [1.29, 1.82) is 0 Å². The van der Waals surface area contributed by atoms with E-state index in [1.165, 1.54) is 11.6 Å². The van der Waals surface area contributed by atoms with Crippen LogP contribution < -0.4 is 5.32 Å². The molecule has 0 aliphatic heterocycles. The maximum absolute atomic E-state index is 13.6. The molecule has 4 heteroatoms. The lowest BCUT2D eigenvalue weighted by Crippen LogP contribution is -2.14. The average Bonchev–Trinajstić information content (AvgIpc) is 2.68. The van der Waals surface area contributed by atoms with Crippen molar-refractivity contribution in [3.8, 4) is 0 Å². The maximum Gasteiger partial charge on any atom is 0.141 e. The summed E-state index contributed by atoms with van der Waals surface area (Å²) in [5, 5.41) is 4.37. The predicted octanol–water partition coefficient (Wildman–Crippen LogP) is 5.03. The molecule has 0 bridgehead atoms. The number of furan rings is 1. The third-order valence-corrected chi connectivity index (χ3v) is 3.85. The van der Waals surface area contributed by atoms with E-state index in [1.54, 1.807) is 0 Å². The number of nitrogens with one attached hydrogen (secondary N) is 1. The van der Waals surface area contributed by atoms with E-state index in [1.807, 2.05) is 6.07 Å². The first-order valence-corrected chi connectivity index (χ1v) is 7.92. The number of benzene rings is 1. The van der Waals surface area contributed by atoms with Crippen LogP contribution in [0.3, 0.4) is 0 Å². The van der Waals surface area contributed by atoms with E-state index >= 15 is 0 Å². The summed E-state index contributed by atoms with van der Waals surface area (Å²) in [5.41, 5.74) is 1.83. The summed E-state index contributed by atoms with van der Waals surface area (Å²) >= 11 is 3.26. The van der Waals surface area contributed by atoms with Crippen molar-refractivity contribution in [2.45, 2.75) is 40.2 Å². The third-order valence-electron chi connectivity index (χ3n) is 3.24. The number of hydrogen-bond donors (Lipinski definition) is 1. The van der Waals surface area contributed by atoms with Crippen LogP contribution in [-0.4, -0.2) is 6.54 Å². The van der Waals surface area contributed by atoms with E-state index in [4.69, 9.17) is 4.42 Å². The van der Waals surface area contributed by atoms with Gasteiger partial charge in [0.1, 0.15) is 17.2 Å². The Hall–Kier alpha value is -0.870. The van der Waals surface area contributed by atoms with Gasteiger partial charge in [-0.1, -0.05) is 20.8 Å². The summed E-state index contributed by atoms with van der Waals surface area (Å²) in [4.78, 5) is 0.